The molecule has 5 nitrogen and oxygen atoms in total. The molecule has 27 heavy (non-hydrogen) atoms. The van der Waals surface area contributed by atoms with Crippen molar-refractivity contribution in [2.75, 3.05) is 32.7 Å². The number of hydrogen-bond acceptors (Lipinski definition) is 3. The van der Waals surface area contributed by atoms with Crippen LogP contribution in [0.25, 0.3) is 0 Å². The molecule has 6 heteroatoms. The van der Waals surface area contributed by atoms with E-state index in [0.717, 1.165) is 58.2 Å². The van der Waals surface area contributed by atoms with E-state index in [9.17, 15) is 9.59 Å². The van der Waals surface area contributed by atoms with Gasteiger partial charge >= 0.3 is 0 Å². The Labute approximate surface area is 167 Å². The molecule has 0 bridgehead atoms. The Morgan fingerprint density at radius 2 is 1.81 bits per heavy atom. The van der Waals surface area contributed by atoms with Gasteiger partial charge in [-0.2, -0.15) is 0 Å². The van der Waals surface area contributed by atoms with E-state index < -0.39 is 0 Å². The van der Waals surface area contributed by atoms with Crippen LogP contribution in [0.4, 0.5) is 0 Å². The highest BCUT2D eigenvalue weighted by atomic mass is 35.5. The lowest BCUT2D eigenvalue weighted by Gasteiger charge is -2.43. The third-order valence-corrected chi connectivity index (χ3v) is 6.44. The van der Waals surface area contributed by atoms with Gasteiger partial charge in [-0.15, -0.1) is 12.4 Å². The van der Waals surface area contributed by atoms with E-state index in [0.29, 0.717) is 13.1 Å². The minimum Gasteiger partial charge on any atom is -0.340 e. The van der Waals surface area contributed by atoms with E-state index in [1.165, 1.54) is 5.56 Å². The molecule has 148 valence electrons. The predicted octanol–water partition coefficient (Wildman–Crippen LogP) is 2.34. The number of nitrogens with zero attached hydrogens (tertiary/aromatic N) is 2. The molecule has 2 amide bonds. The number of piperazine rings is 1. The van der Waals surface area contributed by atoms with Crippen molar-refractivity contribution in [3.05, 3.63) is 35.9 Å². The number of hydrogen-bond donors (Lipinski definition) is 1. The van der Waals surface area contributed by atoms with Gasteiger partial charge in [-0.25, -0.2) is 0 Å². The van der Waals surface area contributed by atoms with Gasteiger partial charge < -0.3 is 15.1 Å². The zero-order valence-corrected chi connectivity index (χ0v) is 16.7. The summed E-state index contributed by atoms with van der Waals surface area (Å²) in [5.74, 6) is 0.461. The largest absolute Gasteiger partial charge is 0.340 e. The summed E-state index contributed by atoms with van der Waals surface area (Å²) in [6, 6.07) is 10.5. The number of likely N-dealkylation sites (tertiary alicyclic amines) is 1. The van der Waals surface area contributed by atoms with Gasteiger partial charge in [-0.05, 0) is 31.2 Å². The highest BCUT2D eigenvalue weighted by molar-refractivity contribution is 5.89. The second-order valence-corrected chi connectivity index (χ2v) is 7.97. The van der Waals surface area contributed by atoms with Crippen LogP contribution in [-0.4, -0.2) is 60.4 Å². The SMILES string of the molecule is Cl.O=C1CNCCN1C1CCCN(C(=O)C2(c3ccccc3)CCCC2)C1. The minimum absolute atomic E-state index is 0. The Morgan fingerprint density at radius 3 is 2.52 bits per heavy atom. The van der Waals surface area contributed by atoms with Crippen LogP contribution in [0.1, 0.15) is 44.1 Å². The average Bonchev–Trinajstić information content (AvgIpc) is 3.20. The average molecular weight is 392 g/mol. The van der Waals surface area contributed by atoms with Gasteiger partial charge in [0.2, 0.25) is 11.8 Å². The van der Waals surface area contributed by atoms with Crippen LogP contribution >= 0.6 is 12.4 Å². The first-order valence-electron chi connectivity index (χ1n) is 10.1. The number of benzene rings is 1. The topological polar surface area (TPSA) is 52.7 Å². The summed E-state index contributed by atoms with van der Waals surface area (Å²) in [5, 5.41) is 3.14. The molecule has 0 aromatic heterocycles. The fourth-order valence-electron chi connectivity index (χ4n) is 5.07. The summed E-state index contributed by atoms with van der Waals surface area (Å²) in [7, 11) is 0. The maximum atomic E-state index is 13.6. The zero-order valence-electron chi connectivity index (χ0n) is 15.9. The number of halogens is 1. The fraction of sp³-hybridized carbons (Fsp3) is 0.619. The maximum Gasteiger partial charge on any atom is 0.236 e. The molecule has 3 fully saturated rings. The first-order chi connectivity index (χ1) is 12.7. The van der Waals surface area contributed by atoms with Crippen LogP contribution in [0.2, 0.25) is 0 Å². The molecule has 0 radical (unpaired) electrons. The molecule has 1 N–H and O–H groups in total. The van der Waals surface area contributed by atoms with Crippen molar-refractivity contribution in [3.8, 4) is 0 Å². The van der Waals surface area contributed by atoms with Crippen molar-refractivity contribution < 1.29 is 9.59 Å². The van der Waals surface area contributed by atoms with E-state index in [1.54, 1.807) is 0 Å². The Morgan fingerprint density at radius 1 is 1.07 bits per heavy atom. The molecular formula is C21H30ClN3O2. The number of carbonyl (C=O) groups is 2. The summed E-state index contributed by atoms with van der Waals surface area (Å²) in [6.45, 7) is 3.56. The van der Waals surface area contributed by atoms with E-state index >= 15 is 0 Å². The Balaban J connectivity index is 0.00000210. The molecule has 4 rings (SSSR count). The van der Waals surface area contributed by atoms with Crippen LogP contribution in [0.5, 0.6) is 0 Å². The number of amides is 2. The predicted molar refractivity (Wildman–Crippen MR) is 108 cm³/mol. The number of piperidine rings is 1. The van der Waals surface area contributed by atoms with Crippen molar-refractivity contribution in [1.82, 2.24) is 15.1 Å². The smallest absolute Gasteiger partial charge is 0.236 e. The number of nitrogens with one attached hydrogen (secondary N) is 1. The molecule has 1 aliphatic carbocycles. The first-order valence-corrected chi connectivity index (χ1v) is 10.1. The number of rotatable bonds is 3. The summed E-state index contributed by atoms with van der Waals surface area (Å²) in [4.78, 5) is 30.0. The molecule has 2 saturated heterocycles. The van der Waals surface area contributed by atoms with Gasteiger partial charge in [0, 0.05) is 32.2 Å². The van der Waals surface area contributed by atoms with Crippen molar-refractivity contribution >= 4 is 24.2 Å². The molecule has 1 aromatic rings. The van der Waals surface area contributed by atoms with Gasteiger partial charge in [0.25, 0.3) is 0 Å². The highest BCUT2D eigenvalue weighted by Gasteiger charge is 2.46. The molecule has 1 atom stereocenters. The molecule has 2 aliphatic heterocycles. The molecule has 2 heterocycles. The van der Waals surface area contributed by atoms with Gasteiger partial charge in [0.1, 0.15) is 0 Å². The van der Waals surface area contributed by atoms with E-state index in [2.05, 4.69) is 22.3 Å². The van der Waals surface area contributed by atoms with Crippen LogP contribution in [0.3, 0.4) is 0 Å². The van der Waals surface area contributed by atoms with Crippen LogP contribution in [0.15, 0.2) is 30.3 Å². The third-order valence-electron chi connectivity index (χ3n) is 6.44. The van der Waals surface area contributed by atoms with E-state index in [4.69, 9.17) is 0 Å². The van der Waals surface area contributed by atoms with Gasteiger partial charge in [-0.1, -0.05) is 43.2 Å². The van der Waals surface area contributed by atoms with Crippen molar-refractivity contribution in [2.45, 2.75) is 50.0 Å². The second-order valence-electron chi connectivity index (χ2n) is 7.97. The first kappa shape index (κ1) is 20.2. The van der Waals surface area contributed by atoms with Crippen molar-refractivity contribution in [1.29, 1.82) is 0 Å². The van der Waals surface area contributed by atoms with Crippen LogP contribution in [0, 0.1) is 0 Å². The lowest BCUT2D eigenvalue weighted by molar-refractivity contribution is -0.143. The maximum absolute atomic E-state index is 13.6. The van der Waals surface area contributed by atoms with Gasteiger partial charge in [0.15, 0.2) is 0 Å². The lowest BCUT2D eigenvalue weighted by Crippen LogP contribution is -2.59. The molecule has 1 saturated carbocycles. The van der Waals surface area contributed by atoms with Crippen molar-refractivity contribution in [3.63, 3.8) is 0 Å². The van der Waals surface area contributed by atoms with Crippen molar-refractivity contribution in [2.24, 2.45) is 0 Å². The fourth-order valence-corrected chi connectivity index (χ4v) is 5.07. The Bertz CT molecular complexity index is 661. The van der Waals surface area contributed by atoms with Crippen LogP contribution in [-0.2, 0) is 15.0 Å². The highest BCUT2D eigenvalue weighted by Crippen LogP contribution is 2.43. The second kappa shape index (κ2) is 8.61. The Hall–Kier alpha value is -1.59. The molecular weight excluding hydrogens is 362 g/mol. The summed E-state index contributed by atoms with van der Waals surface area (Å²) >= 11 is 0. The molecule has 1 unspecified atom stereocenters. The van der Waals surface area contributed by atoms with E-state index in [1.807, 2.05) is 23.1 Å². The van der Waals surface area contributed by atoms with Gasteiger partial charge in [-0.3, -0.25) is 9.59 Å². The van der Waals surface area contributed by atoms with Crippen LogP contribution < -0.4 is 5.32 Å². The summed E-state index contributed by atoms with van der Waals surface area (Å²) in [5.41, 5.74) is 0.819. The monoisotopic (exact) mass is 391 g/mol. The summed E-state index contributed by atoms with van der Waals surface area (Å²) in [6.07, 6.45) is 6.13. The minimum atomic E-state index is -0.351. The van der Waals surface area contributed by atoms with E-state index in [-0.39, 0.29) is 35.7 Å². The standard InChI is InChI=1S/C21H29N3O2.ClH/c25-19-15-22-12-14-24(19)18-9-6-13-23(16-18)20(26)21(10-4-5-11-21)17-7-2-1-3-8-17;/h1-3,7-8,18,22H,4-6,9-16H2;1H. The molecule has 0 spiro atoms. The molecule has 1 aromatic carbocycles. The molecule has 3 aliphatic rings. The quantitative estimate of drug-likeness (QED) is 0.860. The third kappa shape index (κ3) is 3.85. The summed E-state index contributed by atoms with van der Waals surface area (Å²) < 4.78 is 0. The normalized spacial score (nSPS) is 25.2. The van der Waals surface area contributed by atoms with Gasteiger partial charge in [0.05, 0.1) is 12.0 Å². The zero-order chi connectivity index (χ0) is 18.0. The lowest BCUT2D eigenvalue weighted by atomic mass is 9.77. The Kier molecular flexibility index (Phi) is 6.43. The number of carbonyl (C=O) groups excluding carboxylic acids is 2.